The molecule has 4 heteroatoms. The van der Waals surface area contributed by atoms with E-state index in [0.717, 1.165) is 11.8 Å². The van der Waals surface area contributed by atoms with Crippen molar-refractivity contribution < 1.29 is 9.53 Å². The van der Waals surface area contributed by atoms with Gasteiger partial charge in [-0.3, -0.25) is 0 Å². The summed E-state index contributed by atoms with van der Waals surface area (Å²) in [6, 6.07) is 0.139. The molecule has 0 bridgehead atoms. The number of hydrogen-bond acceptors (Lipinski definition) is 2. The average Bonchev–Trinajstić information content (AvgIpc) is 1.98. The molecular weight excluding hydrogens is 258 g/mol. The van der Waals surface area contributed by atoms with Crippen molar-refractivity contribution in [3.05, 3.63) is 0 Å². The minimum Gasteiger partial charge on any atom is -0.444 e. The highest BCUT2D eigenvalue weighted by molar-refractivity contribution is 9.09. The Kier molecular flexibility index (Phi) is 6.25. The molecule has 3 nitrogen and oxygen atoms in total. The van der Waals surface area contributed by atoms with Gasteiger partial charge in [0, 0.05) is 11.4 Å². The van der Waals surface area contributed by atoms with Crippen LogP contribution in [0.15, 0.2) is 0 Å². The number of ether oxygens (including phenoxy) is 1. The van der Waals surface area contributed by atoms with E-state index < -0.39 is 5.60 Å². The predicted molar refractivity (Wildman–Crippen MR) is 66.4 cm³/mol. The Morgan fingerprint density at radius 1 is 1.40 bits per heavy atom. The molecule has 0 aliphatic rings. The van der Waals surface area contributed by atoms with Crippen LogP contribution in [0.4, 0.5) is 4.79 Å². The number of carbonyl (C=O) groups excluding carboxylic acids is 1. The summed E-state index contributed by atoms with van der Waals surface area (Å²) in [5.41, 5.74) is -0.432. The molecule has 0 aromatic rings. The molecule has 1 N–H and O–H groups in total. The third-order valence-corrected chi connectivity index (χ3v) is 2.44. The molecule has 0 aliphatic heterocycles. The zero-order valence-corrected chi connectivity index (χ0v) is 11.8. The second-order valence-electron chi connectivity index (χ2n) is 5.13. The summed E-state index contributed by atoms with van der Waals surface area (Å²) < 4.78 is 5.18. The summed E-state index contributed by atoms with van der Waals surface area (Å²) in [6.45, 7) is 9.84. The van der Waals surface area contributed by atoms with Crippen LogP contribution in [0.5, 0.6) is 0 Å². The molecule has 0 unspecified atom stereocenters. The highest BCUT2D eigenvalue weighted by Gasteiger charge is 2.19. The van der Waals surface area contributed by atoms with Crippen molar-refractivity contribution in [2.75, 3.05) is 5.33 Å². The van der Waals surface area contributed by atoms with Gasteiger partial charge in [-0.1, -0.05) is 29.8 Å². The van der Waals surface area contributed by atoms with Gasteiger partial charge >= 0.3 is 6.09 Å². The van der Waals surface area contributed by atoms with Crippen molar-refractivity contribution in [1.82, 2.24) is 5.32 Å². The van der Waals surface area contributed by atoms with Gasteiger partial charge in [0.15, 0.2) is 0 Å². The van der Waals surface area contributed by atoms with Crippen LogP contribution in [0.25, 0.3) is 0 Å². The van der Waals surface area contributed by atoms with Crippen LogP contribution >= 0.6 is 15.9 Å². The predicted octanol–water partition coefficient (Wildman–Crippen LogP) is 3.32. The molecule has 1 amide bonds. The molecule has 0 saturated carbocycles. The van der Waals surface area contributed by atoms with E-state index >= 15 is 0 Å². The molecule has 15 heavy (non-hydrogen) atoms. The van der Waals surface area contributed by atoms with E-state index in [9.17, 15) is 4.79 Å². The highest BCUT2D eigenvalue weighted by atomic mass is 79.9. The third-order valence-electron chi connectivity index (χ3n) is 1.66. The molecule has 0 aliphatic carbocycles. The molecule has 0 fully saturated rings. The smallest absolute Gasteiger partial charge is 0.407 e. The Morgan fingerprint density at radius 3 is 2.27 bits per heavy atom. The zero-order valence-electron chi connectivity index (χ0n) is 10.3. The highest BCUT2D eigenvalue weighted by Crippen LogP contribution is 2.10. The maximum atomic E-state index is 11.5. The van der Waals surface area contributed by atoms with Crippen LogP contribution in [0.3, 0.4) is 0 Å². The topological polar surface area (TPSA) is 38.3 Å². The minimum absolute atomic E-state index is 0.139. The minimum atomic E-state index is -0.432. The van der Waals surface area contributed by atoms with Crippen LogP contribution in [0.2, 0.25) is 0 Å². The second-order valence-corrected chi connectivity index (χ2v) is 5.77. The first-order valence-corrected chi connectivity index (χ1v) is 6.42. The fourth-order valence-corrected chi connectivity index (χ4v) is 1.63. The molecular formula is C11H22BrNO2. The molecule has 1 atom stereocenters. The molecule has 0 spiro atoms. The molecule has 0 radical (unpaired) electrons. The quantitative estimate of drug-likeness (QED) is 0.802. The number of hydrogen-bond donors (Lipinski definition) is 1. The lowest BCUT2D eigenvalue weighted by atomic mass is 10.1. The van der Waals surface area contributed by atoms with Crippen molar-refractivity contribution in [1.29, 1.82) is 0 Å². The van der Waals surface area contributed by atoms with Gasteiger partial charge in [0.05, 0.1) is 0 Å². The molecule has 90 valence electrons. The van der Waals surface area contributed by atoms with Crippen LogP contribution in [0, 0.1) is 5.92 Å². The van der Waals surface area contributed by atoms with Gasteiger partial charge in [0.1, 0.15) is 5.60 Å². The molecule has 0 rings (SSSR count). The summed E-state index contributed by atoms with van der Waals surface area (Å²) in [7, 11) is 0. The van der Waals surface area contributed by atoms with Crippen molar-refractivity contribution in [2.24, 2.45) is 5.92 Å². The van der Waals surface area contributed by atoms with Crippen molar-refractivity contribution >= 4 is 22.0 Å². The fraction of sp³-hybridized carbons (Fsp3) is 0.909. The van der Waals surface area contributed by atoms with E-state index in [-0.39, 0.29) is 12.1 Å². The third kappa shape index (κ3) is 8.73. The van der Waals surface area contributed by atoms with Crippen molar-refractivity contribution in [3.8, 4) is 0 Å². The van der Waals surface area contributed by atoms with E-state index in [4.69, 9.17) is 4.74 Å². The summed E-state index contributed by atoms with van der Waals surface area (Å²) >= 11 is 3.38. The lowest BCUT2D eigenvalue weighted by Gasteiger charge is -2.23. The summed E-state index contributed by atoms with van der Waals surface area (Å²) in [4.78, 5) is 11.5. The number of halogens is 1. The maximum absolute atomic E-state index is 11.5. The van der Waals surface area contributed by atoms with Crippen LogP contribution in [-0.2, 0) is 4.74 Å². The van der Waals surface area contributed by atoms with Crippen LogP contribution < -0.4 is 5.32 Å². The molecule has 0 heterocycles. The van der Waals surface area contributed by atoms with E-state index in [2.05, 4.69) is 35.1 Å². The van der Waals surface area contributed by atoms with Crippen LogP contribution in [-0.4, -0.2) is 23.1 Å². The number of alkyl halides is 1. The Hall–Kier alpha value is -0.250. The van der Waals surface area contributed by atoms with Crippen molar-refractivity contribution in [2.45, 2.75) is 52.7 Å². The maximum Gasteiger partial charge on any atom is 0.407 e. The number of alkyl carbamates (subject to hydrolysis) is 1. The lowest BCUT2D eigenvalue weighted by molar-refractivity contribution is 0.0505. The first-order chi connectivity index (χ1) is 6.74. The monoisotopic (exact) mass is 279 g/mol. The SMILES string of the molecule is CC(C)C[C@@H](CBr)NC(=O)OC(C)(C)C. The first kappa shape index (κ1) is 14.8. The second kappa shape index (κ2) is 6.36. The Balaban J connectivity index is 4.02. The van der Waals surface area contributed by atoms with Crippen LogP contribution in [0.1, 0.15) is 41.0 Å². The standard InChI is InChI=1S/C11H22BrNO2/c1-8(2)6-9(7-12)13-10(14)15-11(3,4)5/h8-9H,6-7H2,1-5H3,(H,13,14)/t9-/m0/s1. The summed E-state index contributed by atoms with van der Waals surface area (Å²) in [6.07, 6.45) is 0.609. The summed E-state index contributed by atoms with van der Waals surface area (Å²) in [5, 5.41) is 3.60. The lowest BCUT2D eigenvalue weighted by Crippen LogP contribution is -2.40. The van der Waals surface area contributed by atoms with Gasteiger partial charge in [-0.2, -0.15) is 0 Å². The number of carbonyl (C=O) groups is 1. The van der Waals surface area contributed by atoms with E-state index in [1.807, 2.05) is 20.8 Å². The molecule has 0 aromatic carbocycles. The van der Waals surface area contributed by atoms with Gasteiger partial charge < -0.3 is 10.1 Å². The molecule has 0 aromatic heterocycles. The Morgan fingerprint density at radius 2 is 1.93 bits per heavy atom. The summed E-state index contributed by atoms with van der Waals surface area (Å²) in [5.74, 6) is 0.558. The van der Waals surface area contributed by atoms with E-state index in [1.165, 1.54) is 0 Å². The number of rotatable bonds is 4. The van der Waals surface area contributed by atoms with Gasteiger partial charge in [0.2, 0.25) is 0 Å². The first-order valence-electron chi connectivity index (χ1n) is 5.30. The van der Waals surface area contributed by atoms with Gasteiger partial charge in [-0.15, -0.1) is 0 Å². The largest absolute Gasteiger partial charge is 0.444 e. The normalized spacial score (nSPS) is 13.8. The molecule has 0 saturated heterocycles. The van der Waals surface area contributed by atoms with E-state index in [1.54, 1.807) is 0 Å². The average molecular weight is 280 g/mol. The van der Waals surface area contributed by atoms with Gasteiger partial charge in [-0.25, -0.2) is 4.79 Å². The fourth-order valence-electron chi connectivity index (χ4n) is 1.20. The van der Waals surface area contributed by atoms with Gasteiger partial charge in [0.25, 0.3) is 0 Å². The number of amides is 1. The van der Waals surface area contributed by atoms with Crippen molar-refractivity contribution in [3.63, 3.8) is 0 Å². The van der Waals surface area contributed by atoms with Gasteiger partial charge in [-0.05, 0) is 33.1 Å². The van der Waals surface area contributed by atoms with E-state index in [0.29, 0.717) is 5.92 Å². The number of nitrogens with one attached hydrogen (secondary N) is 1. The Bertz CT molecular complexity index is 199. The Labute approximate surface area is 101 Å². The zero-order chi connectivity index (χ0) is 12.1.